The van der Waals surface area contributed by atoms with Gasteiger partial charge in [0.15, 0.2) is 0 Å². The average Bonchev–Trinajstić information content (AvgIpc) is 2.48. The molecule has 1 aromatic rings. The van der Waals surface area contributed by atoms with Gasteiger partial charge < -0.3 is 10.1 Å². The van der Waals surface area contributed by atoms with E-state index in [0.29, 0.717) is 18.1 Å². The van der Waals surface area contributed by atoms with E-state index < -0.39 is 0 Å². The molecule has 1 saturated heterocycles. The molecule has 1 aliphatic heterocycles. The molecule has 0 bridgehead atoms. The summed E-state index contributed by atoms with van der Waals surface area (Å²) in [5, 5.41) is 3.83. The Morgan fingerprint density at radius 2 is 2.05 bits per heavy atom. The molecule has 1 N–H and O–H groups in total. The van der Waals surface area contributed by atoms with Gasteiger partial charge in [0.2, 0.25) is 0 Å². The Bertz CT molecular complexity index is 442. The van der Waals surface area contributed by atoms with E-state index in [0.717, 1.165) is 19.1 Å². The summed E-state index contributed by atoms with van der Waals surface area (Å²) < 4.78 is 5.97. The molecule has 2 nitrogen and oxygen atoms in total. The van der Waals surface area contributed by atoms with Gasteiger partial charge in [0, 0.05) is 30.5 Å². The van der Waals surface area contributed by atoms with Gasteiger partial charge in [-0.15, -0.1) is 0 Å². The number of nitrogens with one attached hydrogen (secondary N) is 1. The standard InChI is InChI=1S/C18H27NO/c1-13(14-8-5-4-6-9-14)12-19-16-15-10-7-11-20-17(15)18(16,2)3/h4-6,8-9,13,15-17,19H,7,10-12H2,1-3H3. The molecule has 0 radical (unpaired) electrons. The Kier molecular flexibility index (Phi) is 3.87. The van der Waals surface area contributed by atoms with E-state index in [9.17, 15) is 0 Å². The second kappa shape index (κ2) is 5.50. The second-order valence-electron chi connectivity index (χ2n) is 7.12. The monoisotopic (exact) mass is 273 g/mol. The number of hydrogen-bond acceptors (Lipinski definition) is 2. The Balaban J connectivity index is 1.58. The van der Waals surface area contributed by atoms with E-state index in [-0.39, 0.29) is 5.41 Å². The zero-order valence-corrected chi connectivity index (χ0v) is 12.9. The van der Waals surface area contributed by atoms with Crippen LogP contribution >= 0.6 is 0 Å². The molecule has 4 unspecified atom stereocenters. The highest BCUT2D eigenvalue weighted by molar-refractivity contribution is 5.19. The summed E-state index contributed by atoms with van der Waals surface area (Å²) in [7, 11) is 0. The van der Waals surface area contributed by atoms with Gasteiger partial charge in [-0.3, -0.25) is 0 Å². The van der Waals surface area contributed by atoms with Crippen molar-refractivity contribution in [3.05, 3.63) is 35.9 Å². The van der Waals surface area contributed by atoms with Crippen molar-refractivity contribution < 1.29 is 4.74 Å². The predicted molar refractivity (Wildman–Crippen MR) is 82.9 cm³/mol. The van der Waals surface area contributed by atoms with Crippen LogP contribution in [0.5, 0.6) is 0 Å². The molecule has 2 fully saturated rings. The lowest BCUT2D eigenvalue weighted by Crippen LogP contribution is -2.69. The van der Waals surface area contributed by atoms with E-state index >= 15 is 0 Å². The average molecular weight is 273 g/mol. The quantitative estimate of drug-likeness (QED) is 0.905. The zero-order valence-electron chi connectivity index (χ0n) is 12.9. The first kappa shape index (κ1) is 14.1. The molecule has 2 aliphatic rings. The van der Waals surface area contributed by atoms with E-state index in [1.165, 1.54) is 18.4 Å². The van der Waals surface area contributed by atoms with E-state index in [1.807, 2.05) is 0 Å². The van der Waals surface area contributed by atoms with Gasteiger partial charge in [-0.05, 0) is 24.3 Å². The molecule has 0 spiro atoms. The van der Waals surface area contributed by atoms with Crippen molar-refractivity contribution in [2.45, 2.75) is 51.7 Å². The van der Waals surface area contributed by atoms with Gasteiger partial charge in [0.1, 0.15) is 0 Å². The maximum absolute atomic E-state index is 5.97. The zero-order chi connectivity index (χ0) is 14.2. The van der Waals surface area contributed by atoms with Crippen molar-refractivity contribution in [1.29, 1.82) is 0 Å². The minimum Gasteiger partial charge on any atom is -0.377 e. The van der Waals surface area contributed by atoms with Crippen molar-refractivity contribution in [1.82, 2.24) is 5.32 Å². The minimum absolute atomic E-state index is 0.279. The highest BCUT2D eigenvalue weighted by Crippen LogP contribution is 2.51. The molecule has 1 saturated carbocycles. The molecule has 0 aromatic heterocycles. The van der Waals surface area contributed by atoms with Crippen molar-refractivity contribution >= 4 is 0 Å². The van der Waals surface area contributed by atoms with Crippen LogP contribution in [0.3, 0.4) is 0 Å². The summed E-state index contributed by atoms with van der Waals surface area (Å²) in [6.45, 7) is 9.02. The third-order valence-corrected chi connectivity index (χ3v) is 5.34. The molecule has 3 rings (SSSR count). The highest BCUT2D eigenvalue weighted by Gasteiger charge is 2.57. The van der Waals surface area contributed by atoms with Crippen molar-refractivity contribution in [3.8, 4) is 0 Å². The molecule has 4 atom stereocenters. The van der Waals surface area contributed by atoms with Crippen LogP contribution in [0.1, 0.15) is 45.1 Å². The van der Waals surface area contributed by atoms with Crippen LogP contribution in [0.25, 0.3) is 0 Å². The first-order valence-corrected chi connectivity index (χ1v) is 8.00. The largest absolute Gasteiger partial charge is 0.377 e. The summed E-state index contributed by atoms with van der Waals surface area (Å²) >= 11 is 0. The van der Waals surface area contributed by atoms with Crippen molar-refractivity contribution in [2.24, 2.45) is 11.3 Å². The lowest BCUT2D eigenvalue weighted by atomic mass is 9.55. The normalized spacial score (nSPS) is 33.0. The van der Waals surface area contributed by atoms with Gasteiger partial charge in [0.25, 0.3) is 0 Å². The van der Waals surface area contributed by atoms with Gasteiger partial charge in [0.05, 0.1) is 6.10 Å². The molecule has 1 aromatic carbocycles. The third-order valence-electron chi connectivity index (χ3n) is 5.34. The third kappa shape index (κ3) is 2.40. The summed E-state index contributed by atoms with van der Waals surface area (Å²) in [6, 6.07) is 11.4. The summed E-state index contributed by atoms with van der Waals surface area (Å²) in [5.41, 5.74) is 1.70. The lowest BCUT2D eigenvalue weighted by molar-refractivity contribution is -0.192. The summed E-state index contributed by atoms with van der Waals surface area (Å²) in [4.78, 5) is 0. The van der Waals surface area contributed by atoms with Gasteiger partial charge in [-0.1, -0.05) is 51.1 Å². The minimum atomic E-state index is 0.279. The Morgan fingerprint density at radius 3 is 2.80 bits per heavy atom. The van der Waals surface area contributed by atoms with Crippen molar-refractivity contribution in [3.63, 3.8) is 0 Å². The predicted octanol–water partition coefficient (Wildman–Crippen LogP) is 3.58. The number of ether oxygens (including phenoxy) is 1. The van der Waals surface area contributed by atoms with Crippen molar-refractivity contribution in [2.75, 3.05) is 13.2 Å². The number of hydrogen-bond donors (Lipinski definition) is 1. The first-order chi connectivity index (χ1) is 9.60. The number of rotatable bonds is 4. The number of fused-ring (bicyclic) bond motifs is 1. The lowest BCUT2D eigenvalue weighted by Gasteiger charge is -2.60. The Labute approximate surface area is 122 Å². The smallest absolute Gasteiger partial charge is 0.0684 e. The molecule has 1 heterocycles. The maximum atomic E-state index is 5.97. The van der Waals surface area contributed by atoms with Crippen LogP contribution in [0, 0.1) is 11.3 Å². The van der Waals surface area contributed by atoms with Crippen LogP contribution in [-0.4, -0.2) is 25.3 Å². The molecular weight excluding hydrogens is 246 g/mol. The van der Waals surface area contributed by atoms with Crippen LogP contribution in [-0.2, 0) is 4.74 Å². The van der Waals surface area contributed by atoms with Gasteiger partial charge in [-0.25, -0.2) is 0 Å². The highest BCUT2D eigenvalue weighted by atomic mass is 16.5. The van der Waals surface area contributed by atoms with Crippen LogP contribution in [0.15, 0.2) is 30.3 Å². The number of benzene rings is 1. The first-order valence-electron chi connectivity index (χ1n) is 8.00. The molecule has 0 amide bonds. The fourth-order valence-electron chi connectivity index (χ4n) is 4.14. The second-order valence-corrected chi connectivity index (χ2v) is 7.12. The van der Waals surface area contributed by atoms with Crippen LogP contribution < -0.4 is 5.32 Å². The molecule has 2 heteroatoms. The Hall–Kier alpha value is -0.860. The Morgan fingerprint density at radius 1 is 1.30 bits per heavy atom. The molecule has 20 heavy (non-hydrogen) atoms. The van der Waals surface area contributed by atoms with E-state index in [2.05, 4.69) is 56.4 Å². The van der Waals surface area contributed by atoms with E-state index in [4.69, 9.17) is 4.74 Å². The fourth-order valence-corrected chi connectivity index (χ4v) is 4.14. The molecule has 110 valence electrons. The van der Waals surface area contributed by atoms with Crippen LogP contribution in [0.2, 0.25) is 0 Å². The summed E-state index contributed by atoms with van der Waals surface area (Å²) in [6.07, 6.45) is 3.02. The van der Waals surface area contributed by atoms with E-state index in [1.54, 1.807) is 0 Å². The fraction of sp³-hybridized carbons (Fsp3) is 0.667. The summed E-state index contributed by atoms with van der Waals surface area (Å²) in [5.74, 6) is 1.29. The maximum Gasteiger partial charge on any atom is 0.0684 e. The van der Waals surface area contributed by atoms with Crippen LogP contribution in [0.4, 0.5) is 0 Å². The SMILES string of the molecule is CC(CNC1C2CCCOC2C1(C)C)c1ccccc1. The topological polar surface area (TPSA) is 21.3 Å². The molecule has 1 aliphatic carbocycles. The van der Waals surface area contributed by atoms with Gasteiger partial charge in [-0.2, -0.15) is 0 Å². The molecular formula is C18H27NO. The van der Waals surface area contributed by atoms with Gasteiger partial charge >= 0.3 is 0 Å².